The maximum atomic E-state index is 12.4. The Bertz CT molecular complexity index is 735. The third kappa shape index (κ3) is 6.84. The van der Waals surface area contributed by atoms with E-state index in [4.69, 9.17) is 4.74 Å². The van der Waals surface area contributed by atoms with Crippen LogP contribution in [0.25, 0.3) is 0 Å². The van der Waals surface area contributed by atoms with E-state index >= 15 is 0 Å². The van der Waals surface area contributed by atoms with Crippen molar-refractivity contribution in [1.29, 1.82) is 0 Å². The second-order valence-electron chi connectivity index (χ2n) is 5.73. The summed E-state index contributed by atoms with van der Waals surface area (Å²) < 4.78 is 6.36. The first-order valence-electron chi connectivity index (χ1n) is 8.56. The molecule has 2 aromatic rings. The molecule has 10 nitrogen and oxygen atoms in total. The summed E-state index contributed by atoms with van der Waals surface area (Å²) in [5.74, 6) is -1.51. The summed E-state index contributed by atoms with van der Waals surface area (Å²) in [6, 6.07) is 8.51. The van der Waals surface area contributed by atoms with Gasteiger partial charge in [0.1, 0.15) is 6.33 Å². The van der Waals surface area contributed by atoms with Gasteiger partial charge in [-0.3, -0.25) is 9.59 Å². The molecule has 144 valence electrons. The summed E-state index contributed by atoms with van der Waals surface area (Å²) in [5, 5.41) is 15.8. The van der Waals surface area contributed by atoms with Crippen LogP contribution in [0.5, 0.6) is 0 Å². The Labute approximate surface area is 156 Å². The van der Waals surface area contributed by atoms with E-state index in [2.05, 4.69) is 26.2 Å². The normalized spacial score (nSPS) is 11.4. The monoisotopic (exact) mass is 374 g/mol. The molecular weight excluding hydrogens is 352 g/mol. The molecule has 0 bridgehead atoms. The summed E-state index contributed by atoms with van der Waals surface area (Å²) in [7, 11) is 0. The van der Waals surface area contributed by atoms with Gasteiger partial charge in [-0.05, 0) is 22.4 Å². The van der Waals surface area contributed by atoms with Crippen LogP contribution in [-0.4, -0.2) is 57.7 Å². The Kier molecular flexibility index (Phi) is 7.89. The predicted octanol–water partition coefficient (Wildman–Crippen LogP) is -0.357. The van der Waals surface area contributed by atoms with Gasteiger partial charge in [0.15, 0.2) is 12.6 Å². The summed E-state index contributed by atoms with van der Waals surface area (Å²) in [6.45, 7) is 1.80. The third-order valence-corrected chi connectivity index (χ3v) is 3.59. The minimum absolute atomic E-state index is 0.170. The Hall–Kier alpha value is -3.30. The van der Waals surface area contributed by atoms with Gasteiger partial charge < -0.3 is 15.4 Å². The van der Waals surface area contributed by atoms with Crippen molar-refractivity contribution in [2.45, 2.75) is 25.8 Å². The second-order valence-corrected chi connectivity index (χ2v) is 5.73. The molecule has 0 aliphatic rings. The number of amides is 2. The highest BCUT2D eigenvalue weighted by molar-refractivity contribution is 5.86. The van der Waals surface area contributed by atoms with Crippen molar-refractivity contribution in [3.63, 3.8) is 0 Å². The third-order valence-electron chi connectivity index (χ3n) is 3.59. The number of hydrogen-bond donors (Lipinski definition) is 2. The first kappa shape index (κ1) is 20.0. The first-order chi connectivity index (χ1) is 13.1. The smallest absolute Gasteiger partial charge is 0.331 e. The molecule has 0 unspecified atom stereocenters. The molecule has 0 fully saturated rings. The van der Waals surface area contributed by atoms with Gasteiger partial charge in [-0.15, -0.1) is 5.10 Å². The van der Waals surface area contributed by atoms with E-state index in [9.17, 15) is 14.4 Å². The van der Waals surface area contributed by atoms with Gasteiger partial charge >= 0.3 is 5.97 Å². The summed E-state index contributed by atoms with van der Waals surface area (Å²) in [6.07, 6.45) is 2.43. The summed E-state index contributed by atoms with van der Waals surface area (Å²) in [4.78, 5) is 35.7. The highest BCUT2D eigenvalue weighted by Gasteiger charge is 2.24. The summed E-state index contributed by atoms with van der Waals surface area (Å²) in [5.41, 5.74) is 0.895. The Morgan fingerprint density at radius 2 is 1.93 bits per heavy atom. The van der Waals surface area contributed by atoms with Gasteiger partial charge in [0.25, 0.3) is 5.91 Å². The lowest BCUT2D eigenvalue weighted by atomic mass is 10.1. The van der Waals surface area contributed by atoms with Crippen LogP contribution in [0, 0.1) is 0 Å². The fourth-order valence-corrected chi connectivity index (χ4v) is 2.22. The van der Waals surface area contributed by atoms with E-state index in [1.165, 1.54) is 11.0 Å². The second kappa shape index (κ2) is 10.6. The number of carbonyl (C=O) groups excluding carboxylic acids is 3. The van der Waals surface area contributed by atoms with Gasteiger partial charge in [0.2, 0.25) is 5.91 Å². The first-order valence-corrected chi connectivity index (χ1v) is 8.56. The molecule has 0 aliphatic heterocycles. The average molecular weight is 374 g/mol. The minimum Gasteiger partial charge on any atom is -0.454 e. The Morgan fingerprint density at radius 1 is 1.15 bits per heavy atom. The maximum Gasteiger partial charge on any atom is 0.331 e. The number of carbonyl (C=O) groups is 3. The maximum absolute atomic E-state index is 12.4. The van der Waals surface area contributed by atoms with Crippen LogP contribution in [0.1, 0.15) is 24.9 Å². The number of esters is 1. The number of rotatable bonds is 10. The molecule has 10 heteroatoms. The zero-order valence-electron chi connectivity index (χ0n) is 15.0. The van der Waals surface area contributed by atoms with E-state index in [0.717, 1.165) is 12.0 Å². The van der Waals surface area contributed by atoms with Gasteiger partial charge in [-0.2, -0.15) is 0 Å². The van der Waals surface area contributed by atoms with Crippen LogP contribution in [0.15, 0.2) is 36.7 Å². The van der Waals surface area contributed by atoms with Gasteiger partial charge in [0, 0.05) is 13.0 Å². The van der Waals surface area contributed by atoms with E-state index < -0.39 is 24.5 Å². The largest absolute Gasteiger partial charge is 0.454 e. The summed E-state index contributed by atoms with van der Waals surface area (Å²) >= 11 is 0. The van der Waals surface area contributed by atoms with E-state index in [0.29, 0.717) is 13.0 Å². The fraction of sp³-hybridized carbons (Fsp3) is 0.412. The van der Waals surface area contributed by atoms with Crippen LogP contribution in [0.4, 0.5) is 0 Å². The van der Waals surface area contributed by atoms with Crippen molar-refractivity contribution in [1.82, 2.24) is 30.8 Å². The van der Waals surface area contributed by atoms with Crippen molar-refractivity contribution in [3.8, 4) is 0 Å². The molecule has 1 aromatic heterocycles. The average Bonchev–Trinajstić information content (AvgIpc) is 3.22. The van der Waals surface area contributed by atoms with E-state index in [1.807, 2.05) is 37.3 Å². The SMILES string of the molecule is CCCNC(=O)CNC(=O)COC(=O)[C@@H](Cc1ccccc1)n1cnnn1. The zero-order valence-corrected chi connectivity index (χ0v) is 15.0. The topological polar surface area (TPSA) is 128 Å². The highest BCUT2D eigenvalue weighted by atomic mass is 16.5. The molecule has 0 aliphatic carbocycles. The Balaban J connectivity index is 1.86. The van der Waals surface area contributed by atoms with Gasteiger partial charge in [-0.25, -0.2) is 9.48 Å². The minimum atomic E-state index is -0.803. The lowest BCUT2D eigenvalue weighted by Crippen LogP contribution is -2.39. The van der Waals surface area contributed by atoms with Crippen LogP contribution in [0.2, 0.25) is 0 Å². The number of ether oxygens (including phenoxy) is 1. The lowest BCUT2D eigenvalue weighted by molar-refractivity contribution is -0.152. The molecule has 0 saturated carbocycles. The number of hydrogen-bond acceptors (Lipinski definition) is 7. The molecule has 1 atom stereocenters. The van der Waals surface area contributed by atoms with Crippen LogP contribution >= 0.6 is 0 Å². The number of benzene rings is 1. The highest BCUT2D eigenvalue weighted by Crippen LogP contribution is 2.14. The standard InChI is InChI=1S/C17H22N6O4/c1-2-8-18-15(24)10-19-16(25)11-27-17(26)14(23-12-20-21-22-23)9-13-6-4-3-5-7-13/h3-7,12,14H,2,8-11H2,1H3,(H,18,24)(H,19,25)/t14-/m1/s1. The van der Waals surface area contributed by atoms with Crippen molar-refractivity contribution >= 4 is 17.8 Å². The molecule has 0 spiro atoms. The Morgan fingerprint density at radius 3 is 2.59 bits per heavy atom. The molecule has 1 aromatic carbocycles. The lowest BCUT2D eigenvalue weighted by Gasteiger charge is -2.15. The quantitative estimate of drug-likeness (QED) is 0.544. The van der Waals surface area contributed by atoms with Gasteiger partial charge in [-0.1, -0.05) is 37.3 Å². The van der Waals surface area contributed by atoms with Crippen molar-refractivity contribution in [3.05, 3.63) is 42.2 Å². The number of nitrogens with one attached hydrogen (secondary N) is 2. The van der Waals surface area contributed by atoms with Crippen LogP contribution in [-0.2, 0) is 25.5 Å². The van der Waals surface area contributed by atoms with Crippen LogP contribution in [0.3, 0.4) is 0 Å². The zero-order chi connectivity index (χ0) is 19.5. The number of nitrogens with zero attached hydrogens (tertiary/aromatic N) is 4. The molecule has 1 heterocycles. The van der Waals surface area contributed by atoms with Crippen molar-refractivity contribution in [2.24, 2.45) is 0 Å². The van der Waals surface area contributed by atoms with Crippen molar-refractivity contribution < 1.29 is 19.1 Å². The molecule has 2 amide bonds. The van der Waals surface area contributed by atoms with Crippen molar-refractivity contribution in [2.75, 3.05) is 19.7 Å². The molecule has 2 N–H and O–H groups in total. The molecule has 0 radical (unpaired) electrons. The molecule has 0 saturated heterocycles. The number of tetrazole rings is 1. The fourth-order valence-electron chi connectivity index (χ4n) is 2.22. The molecule has 2 rings (SSSR count). The molecular formula is C17H22N6O4. The molecule has 27 heavy (non-hydrogen) atoms. The van der Waals surface area contributed by atoms with Gasteiger partial charge in [0.05, 0.1) is 6.54 Å². The number of aromatic nitrogens is 4. The van der Waals surface area contributed by atoms with Crippen LogP contribution < -0.4 is 10.6 Å². The predicted molar refractivity (Wildman–Crippen MR) is 94.3 cm³/mol. The van der Waals surface area contributed by atoms with E-state index in [-0.39, 0.29) is 12.5 Å². The van der Waals surface area contributed by atoms with E-state index in [1.54, 1.807) is 0 Å².